The second-order valence-corrected chi connectivity index (χ2v) is 3.02. The van der Waals surface area contributed by atoms with Crippen LogP contribution in [-0.4, -0.2) is 30.2 Å². The predicted molar refractivity (Wildman–Crippen MR) is 48.7 cm³/mol. The number of aliphatic hydroxyl groups is 1. The molecule has 0 bridgehead atoms. The molecule has 2 heterocycles. The lowest BCUT2D eigenvalue weighted by Gasteiger charge is -1.91. The predicted octanol–water partition coefficient (Wildman–Crippen LogP) is -0.236. The number of aromatic nitrogens is 5. The van der Waals surface area contributed by atoms with Gasteiger partial charge < -0.3 is 9.63 Å². The summed E-state index contributed by atoms with van der Waals surface area (Å²) in [5, 5.41) is 20.1. The number of hydrogen-bond acceptors (Lipinski definition) is 6. The number of rotatable bonds is 4. The number of aryl methyl sites for hydroxylation is 1. The Hall–Kier alpha value is -1.76. The number of aliphatic hydroxyl groups excluding tert-OH is 1. The van der Waals surface area contributed by atoms with Crippen molar-refractivity contribution in [1.29, 1.82) is 0 Å². The van der Waals surface area contributed by atoms with Crippen molar-refractivity contribution < 1.29 is 9.63 Å². The molecular formula is C8H11N5O2. The van der Waals surface area contributed by atoms with E-state index in [-0.39, 0.29) is 6.61 Å². The second kappa shape index (κ2) is 4.18. The molecule has 2 aromatic rings. The van der Waals surface area contributed by atoms with E-state index >= 15 is 0 Å². The van der Waals surface area contributed by atoms with E-state index in [1.54, 1.807) is 10.9 Å². The SMILES string of the molecule is CCc1noc(Cn2cc(CO)nn2)n1. The summed E-state index contributed by atoms with van der Waals surface area (Å²) in [4.78, 5) is 4.13. The fraction of sp³-hybridized carbons (Fsp3) is 0.500. The van der Waals surface area contributed by atoms with Crippen LogP contribution in [0.2, 0.25) is 0 Å². The van der Waals surface area contributed by atoms with Crippen LogP contribution in [0.1, 0.15) is 24.3 Å². The van der Waals surface area contributed by atoms with E-state index in [4.69, 9.17) is 9.63 Å². The Morgan fingerprint density at radius 1 is 1.53 bits per heavy atom. The maximum Gasteiger partial charge on any atom is 0.248 e. The van der Waals surface area contributed by atoms with Gasteiger partial charge in [-0.05, 0) is 0 Å². The van der Waals surface area contributed by atoms with Gasteiger partial charge in [0, 0.05) is 6.42 Å². The summed E-state index contributed by atoms with van der Waals surface area (Å²) < 4.78 is 6.53. The molecule has 2 aromatic heterocycles. The topological polar surface area (TPSA) is 89.9 Å². The normalized spacial score (nSPS) is 10.8. The molecule has 0 amide bonds. The van der Waals surface area contributed by atoms with Crippen molar-refractivity contribution in [2.24, 2.45) is 0 Å². The first-order chi connectivity index (χ1) is 7.31. The maximum absolute atomic E-state index is 8.79. The van der Waals surface area contributed by atoms with Crippen LogP contribution >= 0.6 is 0 Å². The molecule has 1 N–H and O–H groups in total. The van der Waals surface area contributed by atoms with Crippen molar-refractivity contribution in [2.75, 3.05) is 0 Å². The van der Waals surface area contributed by atoms with Gasteiger partial charge >= 0.3 is 0 Å². The number of hydrogen-bond donors (Lipinski definition) is 1. The fourth-order valence-electron chi connectivity index (χ4n) is 1.12. The molecular weight excluding hydrogens is 198 g/mol. The third kappa shape index (κ3) is 2.18. The minimum absolute atomic E-state index is 0.121. The zero-order valence-corrected chi connectivity index (χ0v) is 8.29. The molecule has 0 radical (unpaired) electrons. The Morgan fingerprint density at radius 3 is 3.00 bits per heavy atom. The van der Waals surface area contributed by atoms with E-state index in [9.17, 15) is 0 Å². The van der Waals surface area contributed by atoms with E-state index in [1.165, 1.54) is 0 Å². The quantitative estimate of drug-likeness (QED) is 0.747. The van der Waals surface area contributed by atoms with Crippen molar-refractivity contribution >= 4 is 0 Å². The molecule has 0 unspecified atom stereocenters. The minimum atomic E-state index is -0.121. The molecule has 0 aliphatic carbocycles. The van der Waals surface area contributed by atoms with Gasteiger partial charge in [-0.15, -0.1) is 5.10 Å². The molecule has 7 nitrogen and oxygen atoms in total. The second-order valence-electron chi connectivity index (χ2n) is 3.02. The van der Waals surface area contributed by atoms with Crippen LogP contribution in [0.3, 0.4) is 0 Å². The molecule has 0 atom stereocenters. The molecule has 0 aliphatic rings. The molecule has 7 heteroatoms. The van der Waals surface area contributed by atoms with E-state index in [2.05, 4.69) is 20.5 Å². The summed E-state index contributed by atoms with van der Waals surface area (Å²) in [6.07, 6.45) is 2.37. The van der Waals surface area contributed by atoms with Crippen LogP contribution < -0.4 is 0 Å². The van der Waals surface area contributed by atoms with Crippen LogP contribution in [0.5, 0.6) is 0 Å². The fourth-order valence-corrected chi connectivity index (χ4v) is 1.12. The lowest BCUT2D eigenvalue weighted by Crippen LogP contribution is -2.00. The summed E-state index contributed by atoms with van der Waals surface area (Å²) in [7, 11) is 0. The average molecular weight is 209 g/mol. The minimum Gasteiger partial charge on any atom is -0.390 e. The summed E-state index contributed by atoms with van der Waals surface area (Å²) in [6, 6.07) is 0. The Labute approximate surface area is 85.7 Å². The van der Waals surface area contributed by atoms with Crippen LogP contribution in [0, 0.1) is 0 Å². The van der Waals surface area contributed by atoms with Crippen molar-refractivity contribution in [1.82, 2.24) is 25.1 Å². The molecule has 15 heavy (non-hydrogen) atoms. The first kappa shape index (κ1) is 9.78. The van der Waals surface area contributed by atoms with Crippen LogP contribution in [0.4, 0.5) is 0 Å². The highest BCUT2D eigenvalue weighted by atomic mass is 16.5. The Bertz CT molecular complexity index is 395. The molecule has 0 aromatic carbocycles. The lowest BCUT2D eigenvalue weighted by molar-refractivity contribution is 0.276. The maximum atomic E-state index is 8.79. The molecule has 0 aliphatic heterocycles. The Balaban J connectivity index is 2.07. The molecule has 0 spiro atoms. The van der Waals surface area contributed by atoms with Crippen molar-refractivity contribution in [3.8, 4) is 0 Å². The molecule has 0 saturated heterocycles. The van der Waals surface area contributed by atoms with Gasteiger partial charge in [-0.2, -0.15) is 4.98 Å². The molecule has 80 valence electrons. The Kier molecular flexibility index (Phi) is 2.72. The highest BCUT2D eigenvalue weighted by Crippen LogP contribution is 2.01. The Morgan fingerprint density at radius 2 is 2.40 bits per heavy atom. The van der Waals surface area contributed by atoms with Gasteiger partial charge in [0.2, 0.25) is 5.89 Å². The third-order valence-corrected chi connectivity index (χ3v) is 1.87. The third-order valence-electron chi connectivity index (χ3n) is 1.87. The molecule has 0 fully saturated rings. The standard InChI is InChI=1S/C8H11N5O2/c1-2-7-9-8(15-11-7)4-13-3-6(5-14)10-12-13/h3,14H,2,4-5H2,1H3. The smallest absolute Gasteiger partial charge is 0.248 e. The van der Waals surface area contributed by atoms with Gasteiger partial charge in [-0.25, -0.2) is 4.68 Å². The van der Waals surface area contributed by atoms with E-state index in [1.807, 2.05) is 6.92 Å². The van der Waals surface area contributed by atoms with E-state index in [0.29, 0.717) is 24.0 Å². The van der Waals surface area contributed by atoms with Gasteiger partial charge in [-0.3, -0.25) is 0 Å². The monoisotopic (exact) mass is 209 g/mol. The highest BCUT2D eigenvalue weighted by molar-refractivity contribution is 4.92. The summed E-state index contributed by atoms with van der Waals surface area (Å²) >= 11 is 0. The lowest BCUT2D eigenvalue weighted by atomic mass is 10.5. The van der Waals surface area contributed by atoms with E-state index in [0.717, 1.165) is 6.42 Å². The number of nitrogens with zero attached hydrogens (tertiary/aromatic N) is 5. The zero-order valence-electron chi connectivity index (χ0n) is 8.29. The first-order valence-electron chi connectivity index (χ1n) is 4.63. The largest absolute Gasteiger partial charge is 0.390 e. The van der Waals surface area contributed by atoms with Crippen LogP contribution in [0.25, 0.3) is 0 Å². The van der Waals surface area contributed by atoms with E-state index < -0.39 is 0 Å². The zero-order chi connectivity index (χ0) is 10.7. The van der Waals surface area contributed by atoms with Crippen LogP contribution in [-0.2, 0) is 19.6 Å². The highest BCUT2D eigenvalue weighted by Gasteiger charge is 2.06. The average Bonchev–Trinajstić information content (AvgIpc) is 2.87. The summed E-state index contributed by atoms with van der Waals surface area (Å²) in [6.45, 7) is 2.21. The first-order valence-corrected chi connectivity index (χ1v) is 4.63. The van der Waals surface area contributed by atoms with Crippen molar-refractivity contribution in [2.45, 2.75) is 26.5 Å². The van der Waals surface area contributed by atoms with Gasteiger partial charge in [0.25, 0.3) is 0 Å². The molecule has 0 saturated carbocycles. The van der Waals surface area contributed by atoms with Crippen molar-refractivity contribution in [3.05, 3.63) is 23.6 Å². The van der Waals surface area contributed by atoms with Gasteiger partial charge in [0.1, 0.15) is 12.2 Å². The van der Waals surface area contributed by atoms with Crippen molar-refractivity contribution in [3.63, 3.8) is 0 Å². The van der Waals surface area contributed by atoms with Gasteiger partial charge in [-0.1, -0.05) is 17.3 Å². The summed E-state index contributed by atoms with van der Waals surface area (Å²) in [5.41, 5.74) is 0.519. The van der Waals surface area contributed by atoms with Crippen LogP contribution in [0.15, 0.2) is 10.7 Å². The van der Waals surface area contributed by atoms with Gasteiger partial charge in [0.05, 0.1) is 12.8 Å². The van der Waals surface area contributed by atoms with Gasteiger partial charge in [0.15, 0.2) is 5.82 Å². The molecule has 2 rings (SSSR count). The summed E-state index contributed by atoms with van der Waals surface area (Å²) in [5.74, 6) is 1.16.